The van der Waals surface area contributed by atoms with Crippen molar-refractivity contribution in [2.75, 3.05) is 26.2 Å². The van der Waals surface area contributed by atoms with Crippen LogP contribution in [0.1, 0.15) is 29.6 Å². The maximum atomic E-state index is 12.2. The fraction of sp³-hybridized carbons (Fsp3) is 0.438. The zero-order valence-electron chi connectivity index (χ0n) is 12.6. The Balaban J connectivity index is 1.54. The molecule has 1 aliphatic rings. The van der Waals surface area contributed by atoms with Crippen molar-refractivity contribution in [3.8, 4) is 11.4 Å². The maximum Gasteiger partial charge on any atom is 0.251 e. The number of likely N-dealkylation sites (tertiary alicyclic amines) is 1. The molecule has 1 amide bonds. The number of amides is 1. The molecule has 1 aliphatic heterocycles. The molecule has 1 fully saturated rings. The monoisotopic (exact) mass is 299 g/mol. The standard InChI is InChI=1S/C16H21N5O/c22-16(17-7-10-21-8-2-1-3-9-21)14-6-4-5-13(11-14)15-18-12-19-20-15/h4-6,11-12H,1-3,7-10H2,(H,17,22)(H,18,19,20). The number of nitrogens with zero attached hydrogens (tertiary/aromatic N) is 3. The molecule has 1 aromatic carbocycles. The summed E-state index contributed by atoms with van der Waals surface area (Å²) in [6.07, 6.45) is 5.33. The van der Waals surface area contributed by atoms with E-state index in [9.17, 15) is 4.79 Å². The van der Waals surface area contributed by atoms with Crippen LogP contribution in [0.25, 0.3) is 11.4 Å². The second kappa shape index (κ2) is 7.17. The molecule has 0 unspecified atom stereocenters. The van der Waals surface area contributed by atoms with E-state index in [1.54, 1.807) is 0 Å². The number of aromatic nitrogens is 3. The molecule has 2 N–H and O–H groups in total. The first-order chi connectivity index (χ1) is 10.8. The van der Waals surface area contributed by atoms with E-state index in [0.717, 1.165) is 25.2 Å². The van der Waals surface area contributed by atoms with E-state index < -0.39 is 0 Å². The van der Waals surface area contributed by atoms with Gasteiger partial charge in [-0.2, -0.15) is 5.10 Å². The Bertz CT molecular complexity index is 605. The number of carbonyl (C=O) groups excluding carboxylic acids is 1. The highest BCUT2D eigenvalue weighted by Crippen LogP contribution is 2.15. The van der Waals surface area contributed by atoms with Gasteiger partial charge in [0.25, 0.3) is 5.91 Å². The molecule has 6 nitrogen and oxygen atoms in total. The Morgan fingerprint density at radius 2 is 2.14 bits per heavy atom. The number of carbonyl (C=O) groups is 1. The molecular formula is C16H21N5O. The molecule has 116 valence electrons. The van der Waals surface area contributed by atoms with Gasteiger partial charge in [0.2, 0.25) is 0 Å². The minimum atomic E-state index is -0.0432. The van der Waals surface area contributed by atoms with Crippen molar-refractivity contribution >= 4 is 5.91 Å². The number of H-pyrrole nitrogens is 1. The number of piperidine rings is 1. The van der Waals surface area contributed by atoms with Crippen LogP contribution in [0.15, 0.2) is 30.6 Å². The molecule has 0 atom stereocenters. The van der Waals surface area contributed by atoms with Gasteiger partial charge in [-0.15, -0.1) is 0 Å². The zero-order chi connectivity index (χ0) is 15.2. The molecule has 0 bridgehead atoms. The van der Waals surface area contributed by atoms with Gasteiger partial charge >= 0.3 is 0 Å². The highest BCUT2D eigenvalue weighted by molar-refractivity contribution is 5.95. The smallest absolute Gasteiger partial charge is 0.251 e. The van der Waals surface area contributed by atoms with Crippen LogP contribution in [0, 0.1) is 0 Å². The van der Waals surface area contributed by atoms with Crippen LogP contribution in [0.5, 0.6) is 0 Å². The van der Waals surface area contributed by atoms with Gasteiger partial charge in [-0.1, -0.05) is 18.6 Å². The van der Waals surface area contributed by atoms with Crippen molar-refractivity contribution in [1.29, 1.82) is 0 Å². The van der Waals surface area contributed by atoms with E-state index in [0.29, 0.717) is 17.9 Å². The molecule has 1 saturated heterocycles. The molecule has 2 heterocycles. The summed E-state index contributed by atoms with van der Waals surface area (Å²) in [7, 11) is 0. The molecule has 1 aromatic heterocycles. The fourth-order valence-electron chi connectivity index (χ4n) is 2.76. The lowest BCUT2D eigenvalue weighted by atomic mass is 10.1. The van der Waals surface area contributed by atoms with Crippen LogP contribution in [0.4, 0.5) is 0 Å². The topological polar surface area (TPSA) is 73.9 Å². The lowest BCUT2D eigenvalue weighted by Gasteiger charge is -2.26. The Morgan fingerprint density at radius 1 is 1.27 bits per heavy atom. The Kier molecular flexibility index (Phi) is 4.80. The van der Waals surface area contributed by atoms with E-state index >= 15 is 0 Å². The van der Waals surface area contributed by atoms with Crippen molar-refractivity contribution in [2.45, 2.75) is 19.3 Å². The normalized spacial score (nSPS) is 15.6. The Hall–Kier alpha value is -2.21. The second-order valence-electron chi connectivity index (χ2n) is 5.57. The van der Waals surface area contributed by atoms with E-state index in [4.69, 9.17) is 0 Å². The lowest BCUT2D eigenvalue weighted by Crippen LogP contribution is -2.37. The molecule has 0 radical (unpaired) electrons. The minimum Gasteiger partial charge on any atom is -0.351 e. The maximum absolute atomic E-state index is 12.2. The first-order valence-electron chi connectivity index (χ1n) is 7.79. The third-order valence-electron chi connectivity index (χ3n) is 3.98. The van der Waals surface area contributed by atoms with Gasteiger partial charge in [0.1, 0.15) is 6.33 Å². The largest absolute Gasteiger partial charge is 0.351 e. The minimum absolute atomic E-state index is 0.0432. The summed E-state index contributed by atoms with van der Waals surface area (Å²) in [4.78, 5) is 18.7. The van der Waals surface area contributed by atoms with Crippen molar-refractivity contribution in [3.63, 3.8) is 0 Å². The molecule has 0 saturated carbocycles. The SMILES string of the molecule is O=C(NCCN1CCCCC1)c1cccc(-c2ncn[nH]2)c1. The molecule has 6 heteroatoms. The van der Waals surface area contributed by atoms with Crippen LogP contribution in [-0.2, 0) is 0 Å². The van der Waals surface area contributed by atoms with Crippen molar-refractivity contribution in [3.05, 3.63) is 36.2 Å². The Labute approximate surface area is 129 Å². The summed E-state index contributed by atoms with van der Waals surface area (Å²) >= 11 is 0. The molecule has 0 aliphatic carbocycles. The van der Waals surface area contributed by atoms with Gasteiger partial charge in [0, 0.05) is 24.2 Å². The average Bonchev–Trinajstić information content (AvgIpc) is 3.10. The van der Waals surface area contributed by atoms with Crippen LogP contribution in [0.3, 0.4) is 0 Å². The van der Waals surface area contributed by atoms with Crippen LogP contribution in [-0.4, -0.2) is 52.2 Å². The van der Waals surface area contributed by atoms with E-state index in [1.807, 2.05) is 24.3 Å². The highest BCUT2D eigenvalue weighted by atomic mass is 16.1. The summed E-state index contributed by atoms with van der Waals surface area (Å²) in [6.45, 7) is 3.91. The van der Waals surface area contributed by atoms with Crippen LogP contribution in [0.2, 0.25) is 0 Å². The van der Waals surface area contributed by atoms with E-state index in [2.05, 4.69) is 25.4 Å². The van der Waals surface area contributed by atoms with Gasteiger partial charge in [0.15, 0.2) is 5.82 Å². The van der Waals surface area contributed by atoms with Gasteiger partial charge in [-0.25, -0.2) is 4.98 Å². The number of benzene rings is 1. The predicted octanol–water partition coefficient (Wildman–Crippen LogP) is 1.69. The first-order valence-corrected chi connectivity index (χ1v) is 7.79. The van der Waals surface area contributed by atoms with Gasteiger partial charge < -0.3 is 10.2 Å². The zero-order valence-corrected chi connectivity index (χ0v) is 12.6. The third-order valence-corrected chi connectivity index (χ3v) is 3.98. The summed E-state index contributed by atoms with van der Waals surface area (Å²) in [6, 6.07) is 7.41. The fourth-order valence-corrected chi connectivity index (χ4v) is 2.76. The van der Waals surface area contributed by atoms with Crippen molar-refractivity contribution in [2.24, 2.45) is 0 Å². The Morgan fingerprint density at radius 3 is 2.91 bits per heavy atom. The highest BCUT2D eigenvalue weighted by Gasteiger charge is 2.11. The molecule has 0 spiro atoms. The van der Waals surface area contributed by atoms with Crippen molar-refractivity contribution < 1.29 is 4.79 Å². The average molecular weight is 299 g/mol. The van der Waals surface area contributed by atoms with Gasteiger partial charge in [0.05, 0.1) is 0 Å². The summed E-state index contributed by atoms with van der Waals surface area (Å²) in [5.41, 5.74) is 1.51. The van der Waals surface area contributed by atoms with Crippen molar-refractivity contribution in [1.82, 2.24) is 25.4 Å². The third kappa shape index (κ3) is 3.71. The molecular weight excluding hydrogens is 278 g/mol. The van der Waals surface area contributed by atoms with E-state index in [-0.39, 0.29) is 5.91 Å². The summed E-state index contributed by atoms with van der Waals surface area (Å²) in [5.74, 6) is 0.626. The van der Waals surface area contributed by atoms with Crippen LogP contribution >= 0.6 is 0 Å². The molecule has 22 heavy (non-hydrogen) atoms. The number of rotatable bonds is 5. The predicted molar refractivity (Wildman–Crippen MR) is 84.4 cm³/mol. The van der Waals surface area contributed by atoms with Gasteiger partial charge in [-0.05, 0) is 38.1 Å². The number of aromatic amines is 1. The van der Waals surface area contributed by atoms with Crippen LogP contribution < -0.4 is 5.32 Å². The second-order valence-corrected chi connectivity index (χ2v) is 5.57. The number of hydrogen-bond acceptors (Lipinski definition) is 4. The number of nitrogens with one attached hydrogen (secondary N) is 2. The van der Waals surface area contributed by atoms with Gasteiger partial charge in [-0.3, -0.25) is 9.89 Å². The summed E-state index contributed by atoms with van der Waals surface area (Å²) < 4.78 is 0. The first kappa shape index (κ1) is 14.7. The number of hydrogen-bond donors (Lipinski definition) is 2. The summed E-state index contributed by atoms with van der Waals surface area (Å²) in [5, 5.41) is 9.63. The van der Waals surface area contributed by atoms with E-state index in [1.165, 1.54) is 25.6 Å². The quantitative estimate of drug-likeness (QED) is 0.881. The molecule has 2 aromatic rings. The molecule has 3 rings (SSSR count). The lowest BCUT2D eigenvalue weighted by molar-refractivity contribution is 0.0946.